The van der Waals surface area contributed by atoms with Crippen molar-refractivity contribution in [3.8, 4) is 33.0 Å². The molecule has 6 atom stereocenters. The van der Waals surface area contributed by atoms with E-state index in [0.717, 1.165) is 58.0 Å². The van der Waals surface area contributed by atoms with Crippen molar-refractivity contribution in [2.75, 3.05) is 27.3 Å². The van der Waals surface area contributed by atoms with E-state index < -0.39 is 24.3 Å². The number of aromatic nitrogens is 2. The number of amides is 4. The van der Waals surface area contributed by atoms with Gasteiger partial charge in [-0.25, -0.2) is 14.6 Å². The van der Waals surface area contributed by atoms with Crippen LogP contribution in [-0.4, -0.2) is 89.2 Å². The maximum atomic E-state index is 14.1. The number of benzene rings is 2. The van der Waals surface area contributed by atoms with Crippen LogP contribution in [0.2, 0.25) is 0 Å². The molecule has 0 saturated carbocycles. The number of hydrogen-bond donors (Lipinski definition) is 3. The van der Waals surface area contributed by atoms with Crippen molar-refractivity contribution >= 4 is 62.2 Å². The molecule has 2 aromatic carbocycles. The predicted octanol–water partition coefficient (Wildman–Crippen LogP) is 9.53. The molecule has 12 nitrogen and oxygen atoms in total. The summed E-state index contributed by atoms with van der Waals surface area (Å²) in [6, 6.07) is 17.8. The molecular weight excluding hydrogens is 821 g/mol. The van der Waals surface area contributed by atoms with Crippen molar-refractivity contribution in [2.45, 2.75) is 85.0 Å². The van der Waals surface area contributed by atoms with Gasteiger partial charge in [0.15, 0.2) is 0 Å². The highest BCUT2D eigenvalue weighted by Crippen LogP contribution is 2.44. The number of carbonyl (C=O) groups is 4. The molecule has 8 rings (SSSR count). The molecule has 3 N–H and O–H groups in total. The number of nitrogens with zero attached hydrogens (tertiary/aromatic N) is 3. The summed E-state index contributed by atoms with van der Waals surface area (Å²) in [5.41, 5.74) is 8.52. The Balaban J connectivity index is 1.05. The van der Waals surface area contributed by atoms with Gasteiger partial charge in [0.2, 0.25) is 11.8 Å². The second-order valence-corrected chi connectivity index (χ2v) is 19.9. The molecule has 2 unspecified atom stereocenters. The van der Waals surface area contributed by atoms with Crippen LogP contribution in [0.3, 0.4) is 0 Å². The van der Waals surface area contributed by atoms with Crippen LogP contribution in [0.25, 0.3) is 48.4 Å². The summed E-state index contributed by atoms with van der Waals surface area (Å²) < 4.78 is 12.1. The number of aromatic amines is 1. The van der Waals surface area contributed by atoms with E-state index in [1.807, 2.05) is 37.5 Å². The minimum atomic E-state index is -0.730. The molecule has 0 spiro atoms. The molecule has 2 saturated heterocycles. The summed E-state index contributed by atoms with van der Waals surface area (Å²) in [6.45, 7) is 13.3. The molecule has 3 aliphatic rings. The van der Waals surface area contributed by atoms with E-state index in [4.69, 9.17) is 14.5 Å². The first-order valence-electron chi connectivity index (χ1n) is 21.5. The number of methoxy groups -OCH3 is 2. The zero-order valence-electron chi connectivity index (χ0n) is 36.6. The van der Waals surface area contributed by atoms with Gasteiger partial charge in [0.05, 0.1) is 42.6 Å². The fraction of sp³-hybridized carbons (Fsp3) is 0.438. The van der Waals surface area contributed by atoms with Gasteiger partial charge in [-0.1, -0.05) is 90.1 Å². The monoisotopic (exact) mass is 876 g/mol. The van der Waals surface area contributed by atoms with Gasteiger partial charge in [0.25, 0.3) is 0 Å². The zero-order valence-corrected chi connectivity index (χ0v) is 38.2. The zero-order chi connectivity index (χ0) is 44.0. The number of fused-ring (bicyclic) bond motifs is 2. The van der Waals surface area contributed by atoms with Gasteiger partial charge in [0, 0.05) is 28.1 Å². The molecule has 1 aliphatic carbocycles. The highest BCUT2D eigenvalue weighted by Gasteiger charge is 2.42. The fourth-order valence-electron chi connectivity index (χ4n) is 9.36. The van der Waals surface area contributed by atoms with Crippen molar-refractivity contribution < 1.29 is 28.7 Å². The number of rotatable bonds is 11. The number of alkyl carbamates (subject to hydrolysis) is 2. The van der Waals surface area contributed by atoms with Gasteiger partial charge < -0.3 is 34.9 Å². The molecule has 62 heavy (non-hydrogen) atoms. The average Bonchev–Trinajstić information content (AvgIpc) is 4.11. The third kappa shape index (κ3) is 8.51. The Morgan fingerprint density at radius 2 is 1.34 bits per heavy atom. The third-order valence-corrected chi connectivity index (χ3v) is 14.7. The van der Waals surface area contributed by atoms with Crippen LogP contribution in [0, 0.1) is 23.7 Å². The van der Waals surface area contributed by atoms with E-state index in [2.05, 4.69) is 95.5 Å². The van der Waals surface area contributed by atoms with Crippen LogP contribution >= 0.6 is 22.7 Å². The maximum Gasteiger partial charge on any atom is 0.407 e. The minimum Gasteiger partial charge on any atom is -0.453 e. The Hall–Kier alpha value is -5.47. The largest absolute Gasteiger partial charge is 0.453 e. The predicted molar refractivity (Wildman–Crippen MR) is 246 cm³/mol. The highest BCUT2D eigenvalue weighted by molar-refractivity contribution is 7.28. The van der Waals surface area contributed by atoms with Crippen molar-refractivity contribution in [3.05, 3.63) is 82.5 Å². The van der Waals surface area contributed by atoms with E-state index >= 15 is 0 Å². The molecule has 3 aromatic heterocycles. The summed E-state index contributed by atoms with van der Waals surface area (Å²) in [5, 5.41) is 7.64. The second kappa shape index (κ2) is 17.7. The number of imidazole rings is 1. The quantitative estimate of drug-likeness (QED) is 0.120. The minimum absolute atomic E-state index is 0.0359. The Labute approximate surface area is 371 Å². The number of thiophene rings is 2. The number of carbonyl (C=O) groups excluding carboxylic acids is 4. The Bertz CT molecular complexity index is 2490. The molecule has 2 aliphatic heterocycles. The lowest BCUT2D eigenvalue weighted by atomic mass is 9.96. The number of likely N-dealkylation sites (tertiary alicyclic amines) is 2. The van der Waals surface area contributed by atoms with Gasteiger partial charge in [0.1, 0.15) is 17.9 Å². The van der Waals surface area contributed by atoms with E-state index in [1.165, 1.54) is 40.3 Å². The number of H-pyrrole nitrogens is 1. The maximum absolute atomic E-state index is 14.1. The topological polar surface area (TPSA) is 146 Å². The van der Waals surface area contributed by atoms with Crippen LogP contribution in [0.1, 0.15) is 77.4 Å². The first kappa shape index (κ1) is 43.2. The molecular formula is C48H56N6O6S2. The lowest BCUT2D eigenvalue weighted by Crippen LogP contribution is -2.52. The van der Waals surface area contributed by atoms with Gasteiger partial charge in [-0.15, -0.1) is 22.7 Å². The standard InChI is InChI=1S/C48H56N6O6S2/c1-25(2)40(51-47(57)59-7)45(55)53-23-27(5)17-35(53)34-20-32-14-13-31(19-33(32)21-34)29-9-11-30(12-10-29)42-43(39-22-38-37(62-39)15-16-61-38)50-44(49-42)36-18-28(6)24-54(36)46(56)41(26(3)4)52-48(58)60-8/h9-16,19-20,22,25-28,35-36,40-41H,17-18,21,23-24H2,1-8H3,(H,49,50)(H,51,57)(H,52,58)/t27-,28-,35?,36-,40?,41-/m0/s1. The molecule has 5 aromatic rings. The summed E-state index contributed by atoms with van der Waals surface area (Å²) in [6.07, 6.45) is 3.39. The SMILES string of the molecule is COC(=O)NC(C(=O)N1C[C@@H](C)CC1C1=Cc2ccc(-c3ccc(-c4nc([C@@H]5C[C@H](C)CN5C(=O)[C@@H](NC(=O)OC)C(C)C)[nH]c4-c4cc5sccc5s4)cc3)cc2C1)C(C)C. The van der Waals surface area contributed by atoms with Gasteiger partial charge in [-0.05, 0) is 88.3 Å². The Morgan fingerprint density at radius 3 is 1.94 bits per heavy atom. The smallest absolute Gasteiger partial charge is 0.407 e. The molecule has 4 amide bonds. The molecule has 0 bridgehead atoms. The van der Waals surface area contributed by atoms with Crippen LogP contribution in [-0.2, 0) is 25.5 Å². The van der Waals surface area contributed by atoms with Gasteiger partial charge in [-0.3, -0.25) is 9.59 Å². The normalized spacial score (nSPS) is 20.7. The second-order valence-electron chi connectivity index (χ2n) is 17.9. The number of hydrogen-bond acceptors (Lipinski definition) is 9. The fourth-order valence-corrected chi connectivity index (χ4v) is 11.5. The molecule has 14 heteroatoms. The molecule has 5 heterocycles. The Morgan fingerprint density at radius 1 is 0.758 bits per heavy atom. The van der Waals surface area contributed by atoms with Crippen molar-refractivity contribution in [2.24, 2.45) is 23.7 Å². The van der Waals surface area contributed by atoms with Gasteiger partial charge >= 0.3 is 12.2 Å². The van der Waals surface area contributed by atoms with Crippen LogP contribution in [0.15, 0.2) is 65.6 Å². The van der Waals surface area contributed by atoms with E-state index in [-0.39, 0.29) is 41.7 Å². The van der Waals surface area contributed by atoms with E-state index in [9.17, 15) is 19.2 Å². The lowest BCUT2D eigenvalue weighted by Gasteiger charge is -2.31. The van der Waals surface area contributed by atoms with E-state index in [1.54, 1.807) is 22.7 Å². The van der Waals surface area contributed by atoms with Crippen LogP contribution in [0.4, 0.5) is 9.59 Å². The van der Waals surface area contributed by atoms with Crippen LogP contribution < -0.4 is 10.6 Å². The number of nitrogens with one attached hydrogen (secondary N) is 3. The highest BCUT2D eigenvalue weighted by atomic mass is 32.1. The average molecular weight is 877 g/mol. The van der Waals surface area contributed by atoms with Crippen molar-refractivity contribution in [1.82, 2.24) is 30.4 Å². The van der Waals surface area contributed by atoms with E-state index in [0.29, 0.717) is 19.0 Å². The molecule has 326 valence electrons. The summed E-state index contributed by atoms with van der Waals surface area (Å²) >= 11 is 3.44. The summed E-state index contributed by atoms with van der Waals surface area (Å²) in [7, 11) is 2.62. The summed E-state index contributed by atoms with van der Waals surface area (Å²) in [5.74, 6) is 0.870. The summed E-state index contributed by atoms with van der Waals surface area (Å²) in [4.78, 5) is 66.4. The van der Waals surface area contributed by atoms with Crippen LogP contribution in [0.5, 0.6) is 0 Å². The lowest BCUT2D eigenvalue weighted by molar-refractivity contribution is -0.136. The third-order valence-electron chi connectivity index (χ3n) is 12.6. The van der Waals surface area contributed by atoms with Crippen molar-refractivity contribution in [3.63, 3.8) is 0 Å². The molecule has 0 radical (unpaired) electrons. The molecule has 2 fully saturated rings. The van der Waals surface area contributed by atoms with Crippen molar-refractivity contribution in [1.29, 1.82) is 0 Å². The first-order valence-corrected chi connectivity index (χ1v) is 23.2. The first-order chi connectivity index (χ1) is 29.7. The number of ether oxygens (including phenoxy) is 2. The van der Waals surface area contributed by atoms with Gasteiger partial charge in [-0.2, -0.15) is 0 Å². The Kier molecular flexibility index (Phi) is 12.3.